The van der Waals surface area contributed by atoms with Crippen molar-refractivity contribution in [2.75, 3.05) is 18.4 Å². The number of urea groups is 1. The molecule has 1 saturated heterocycles. The van der Waals surface area contributed by atoms with Crippen molar-refractivity contribution < 1.29 is 22.4 Å². The number of hydrogen-bond donors (Lipinski definition) is 2. The van der Waals surface area contributed by atoms with Crippen molar-refractivity contribution >= 4 is 27.6 Å². The van der Waals surface area contributed by atoms with Crippen molar-refractivity contribution in [3.8, 4) is 0 Å². The van der Waals surface area contributed by atoms with Crippen molar-refractivity contribution in [1.82, 2.24) is 9.62 Å². The van der Waals surface area contributed by atoms with Crippen LogP contribution in [0.25, 0.3) is 0 Å². The Bertz CT molecular complexity index is 908. The molecule has 7 nitrogen and oxygen atoms in total. The highest BCUT2D eigenvalue weighted by Gasteiger charge is 2.33. The fourth-order valence-corrected chi connectivity index (χ4v) is 5.26. The predicted octanol–water partition coefficient (Wildman–Crippen LogP) is 4.56. The highest BCUT2D eigenvalue weighted by molar-refractivity contribution is 7.90. The summed E-state index contributed by atoms with van der Waals surface area (Å²) in [6.45, 7) is 12.2. The number of likely N-dealkylation sites (tertiary alicyclic amines) is 1. The van der Waals surface area contributed by atoms with Gasteiger partial charge in [-0.3, -0.25) is 4.79 Å². The number of nitrogens with zero attached hydrogens (tertiary/aromatic N) is 1. The number of carbonyl (C=O) groups excluding carboxylic acids is 2. The van der Waals surface area contributed by atoms with Crippen LogP contribution < -0.4 is 10.0 Å². The van der Waals surface area contributed by atoms with Crippen LogP contribution in [0.15, 0.2) is 12.1 Å². The molecule has 1 heterocycles. The van der Waals surface area contributed by atoms with Crippen molar-refractivity contribution in [2.45, 2.75) is 77.9 Å². The number of carbonyl (C=O) groups is 2. The summed E-state index contributed by atoms with van der Waals surface area (Å²) >= 11 is 0. The molecule has 1 fully saturated rings. The number of nitrogens with one attached hydrogen (secondary N) is 2. The number of piperidine rings is 1. The van der Waals surface area contributed by atoms with E-state index in [9.17, 15) is 22.4 Å². The number of amides is 3. The molecule has 1 aliphatic rings. The maximum Gasteiger partial charge on any atom is 0.332 e. The van der Waals surface area contributed by atoms with Gasteiger partial charge in [-0.2, -0.15) is 0 Å². The Labute approximate surface area is 191 Å². The zero-order valence-corrected chi connectivity index (χ0v) is 20.7. The fourth-order valence-electron chi connectivity index (χ4n) is 3.95. The molecule has 180 valence electrons. The van der Waals surface area contributed by atoms with Crippen LogP contribution in [0.2, 0.25) is 0 Å². The second-order valence-corrected chi connectivity index (χ2v) is 11.5. The van der Waals surface area contributed by atoms with Crippen molar-refractivity contribution in [1.29, 1.82) is 0 Å². The third-order valence-corrected chi connectivity index (χ3v) is 7.52. The third-order valence-electron chi connectivity index (χ3n) is 5.70. The van der Waals surface area contributed by atoms with Crippen LogP contribution in [0.3, 0.4) is 0 Å². The highest BCUT2D eigenvalue weighted by Crippen LogP contribution is 2.33. The van der Waals surface area contributed by atoms with E-state index >= 15 is 0 Å². The summed E-state index contributed by atoms with van der Waals surface area (Å²) in [6, 6.07) is 1.87. The van der Waals surface area contributed by atoms with E-state index in [0.717, 1.165) is 0 Å². The Kier molecular flexibility index (Phi) is 8.67. The van der Waals surface area contributed by atoms with Crippen LogP contribution in [-0.2, 0) is 14.8 Å². The van der Waals surface area contributed by atoms with E-state index in [1.807, 2.05) is 41.5 Å². The number of sulfonamides is 1. The summed E-state index contributed by atoms with van der Waals surface area (Å²) in [6.07, 6.45) is 0.987. The number of rotatable bonds is 7. The normalized spacial score (nSPS) is 15.5. The molecule has 0 atom stereocenters. The molecule has 1 aliphatic heterocycles. The third kappa shape index (κ3) is 6.67. The number of halogens is 1. The summed E-state index contributed by atoms with van der Waals surface area (Å²) < 4.78 is 41.8. The fraction of sp³-hybridized carbons (Fsp3) is 0.652. The molecule has 1 aromatic carbocycles. The molecule has 0 radical (unpaired) electrons. The van der Waals surface area contributed by atoms with Crippen LogP contribution in [0.5, 0.6) is 0 Å². The lowest BCUT2D eigenvalue weighted by molar-refractivity contribution is -0.132. The first-order valence-electron chi connectivity index (χ1n) is 11.3. The summed E-state index contributed by atoms with van der Waals surface area (Å²) in [5, 5.41) is 1.90. The molecular formula is C23H36FN3O4S. The maximum atomic E-state index is 14.1. The van der Waals surface area contributed by atoms with Crippen LogP contribution in [0.1, 0.15) is 83.8 Å². The van der Waals surface area contributed by atoms with Gasteiger partial charge in [-0.15, -0.1) is 0 Å². The molecule has 2 rings (SSSR count). The minimum atomic E-state index is -3.92. The van der Waals surface area contributed by atoms with Crippen molar-refractivity contribution in [3.05, 3.63) is 29.1 Å². The molecule has 1 aromatic rings. The average molecular weight is 470 g/mol. The van der Waals surface area contributed by atoms with E-state index in [4.69, 9.17) is 0 Å². The van der Waals surface area contributed by atoms with Gasteiger partial charge in [0.15, 0.2) is 0 Å². The maximum absolute atomic E-state index is 14.1. The Balaban J connectivity index is 2.10. The first-order valence-corrected chi connectivity index (χ1v) is 12.8. The molecule has 32 heavy (non-hydrogen) atoms. The first kappa shape index (κ1) is 26.1. The Morgan fingerprint density at radius 3 is 1.97 bits per heavy atom. The van der Waals surface area contributed by atoms with Crippen molar-refractivity contribution in [2.24, 2.45) is 5.92 Å². The molecule has 9 heteroatoms. The molecule has 3 amide bonds. The first-order chi connectivity index (χ1) is 14.8. The average Bonchev–Trinajstić information content (AvgIpc) is 2.67. The molecule has 0 saturated carbocycles. The summed E-state index contributed by atoms with van der Waals surface area (Å²) in [5.41, 5.74) is 1.66. The molecule has 0 aliphatic carbocycles. The SMILES string of the molecule is CC(C)CC(=O)N1CCC(S(=O)(=O)NC(=O)Nc2c(C(C)C)cc(F)cc2C(C)C)CC1. The van der Waals surface area contributed by atoms with Gasteiger partial charge in [-0.05, 0) is 53.9 Å². The number of anilines is 1. The number of hydrogen-bond acceptors (Lipinski definition) is 4. The van der Waals surface area contributed by atoms with Crippen LogP contribution in [-0.4, -0.2) is 43.6 Å². The summed E-state index contributed by atoms with van der Waals surface area (Å²) in [4.78, 5) is 26.5. The van der Waals surface area contributed by atoms with Gasteiger partial charge >= 0.3 is 6.03 Å². The monoisotopic (exact) mass is 469 g/mol. The van der Waals surface area contributed by atoms with Gasteiger partial charge in [0.1, 0.15) is 5.82 Å². The van der Waals surface area contributed by atoms with Gasteiger partial charge < -0.3 is 10.2 Å². The largest absolute Gasteiger partial charge is 0.343 e. The van der Waals surface area contributed by atoms with Gasteiger partial charge in [-0.25, -0.2) is 22.3 Å². The lowest BCUT2D eigenvalue weighted by atomic mass is 9.92. The van der Waals surface area contributed by atoms with E-state index in [2.05, 4.69) is 10.0 Å². The topological polar surface area (TPSA) is 95.6 Å². The van der Waals surface area contributed by atoms with E-state index in [0.29, 0.717) is 36.3 Å². The summed E-state index contributed by atoms with van der Waals surface area (Å²) in [7, 11) is -3.92. The second-order valence-electron chi connectivity index (χ2n) is 9.55. The van der Waals surface area contributed by atoms with Crippen LogP contribution in [0, 0.1) is 11.7 Å². The lowest BCUT2D eigenvalue weighted by Crippen LogP contribution is -2.47. The van der Waals surface area contributed by atoms with Crippen LogP contribution >= 0.6 is 0 Å². The van der Waals surface area contributed by atoms with Gasteiger partial charge in [0, 0.05) is 25.2 Å². The van der Waals surface area contributed by atoms with Gasteiger partial charge in [0.2, 0.25) is 15.9 Å². The molecular weight excluding hydrogens is 433 g/mol. The Morgan fingerprint density at radius 1 is 1.03 bits per heavy atom. The summed E-state index contributed by atoms with van der Waals surface area (Å²) in [5.74, 6) is -0.257. The smallest absolute Gasteiger partial charge is 0.332 e. The molecule has 0 spiro atoms. The highest BCUT2D eigenvalue weighted by atomic mass is 32.2. The van der Waals surface area contributed by atoms with Gasteiger partial charge in [0.05, 0.1) is 5.25 Å². The van der Waals surface area contributed by atoms with Gasteiger partial charge in [-0.1, -0.05) is 41.5 Å². The Morgan fingerprint density at radius 2 is 1.53 bits per heavy atom. The molecule has 0 aromatic heterocycles. The predicted molar refractivity (Wildman–Crippen MR) is 125 cm³/mol. The van der Waals surface area contributed by atoms with Gasteiger partial charge in [0.25, 0.3) is 0 Å². The van der Waals surface area contributed by atoms with E-state index in [1.54, 1.807) is 4.90 Å². The minimum Gasteiger partial charge on any atom is -0.343 e. The zero-order chi connectivity index (χ0) is 24.2. The van der Waals surface area contributed by atoms with Crippen LogP contribution in [0.4, 0.5) is 14.9 Å². The standard InChI is InChI=1S/C23H36FN3O4S/c1-14(2)11-21(28)27-9-7-18(8-10-27)32(30,31)26-23(29)25-22-19(15(3)4)12-17(24)13-20(22)16(5)6/h12-16,18H,7-11H2,1-6H3,(H2,25,26,29). The van der Waals surface area contributed by atoms with Crippen molar-refractivity contribution in [3.63, 3.8) is 0 Å². The lowest BCUT2D eigenvalue weighted by Gasteiger charge is -2.32. The second kappa shape index (κ2) is 10.6. The van der Waals surface area contributed by atoms with E-state index < -0.39 is 27.1 Å². The number of benzene rings is 1. The Hall–Kier alpha value is -2.16. The zero-order valence-electron chi connectivity index (χ0n) is 19.9. The minimum absolute atomic E-state index is 0.0280. The van der Waals surface area contributed by atoms with E-state index in [-0.39, 0.29) is 36.5 Å². The molecule has 2 N–H and O–H groups in total. The molecule has 0 bridgehead atoms. The quantitative estimate of drug-likeness (QED) is 0.612. The van der Waals surface area contributed by atoms with E-state index in [1.165, 1.54) is 12.1 Å². The molecule has 0 unspecified atom stereocenters.